The van der Waals surface area contributed by atoms with Crippen LogP contribution in [0.5, 0.6) is 0 Å². The van der Waals surface area contributed by atoms with Gasteiger partial charge in [0.2, 0.25) is 5.91 Å². The van der Waals surface area contributed by atoms with Gasteiger partial charge in [0, 0.05) is 4.88 Å². The van der Waals surface area contributed by atoms with Gasteiger partial charge in [-0.05, 0) is 18.4 Å². The number of carbonyl (C=O) groups excluding carboxylic acids is 2. The molecule has 1 aromatic rings. The van der Waals surface area contributed by atoms with Gasteiger partial charge in [0.15, 0.2) is 0 Å². The van der Waals surface area contributed by atoms with E-state index in [4.69, 9.17) is 0 Å². The second-order valence-corrected chi connectivity index (χ2v) is 5.89. The highest BCUT2D eigenvalue weighted by molar-refractivity contribution is 8.01. The number of thioether (sulfide) groups is 1. The van der Waals surface area contributed by atoms with E-state index in [9.17, 15) is 14.7 Å². The van der Waals surface area contributed by atoms with E-state index < -0.39 is 5.97 Å². The number of carboxylic acids is 1. The molecule has 0 aromatic carbocycles. The molecule has 1 aliphatic heterocycles. The fourth-order valence-corrected chi connectivity index (χ4v) is 3.85. The van der Waals surface area contributed by atoms with Crippen molar-refractivity contribution in [3.63, 3.8) is 0 Å². The predicted molar refractivity (Wildman–Crippen MR) is 60.8 cm³/mol. The minimum atomic E-state index is -1.22. The molecular formula is C10H10NO3S2-. The molecule has 0 bridgehead atoms. The normalized spacial score (nSPS) is 25.1. The lowest BCUT2D eigenvalue weighted by molar-refractivity contribution is -0.306. The van der Waals surface area contributed by atoms with Gasteiger partial charge >= 0.3 is 0 Å². The first-order valence-corrected chi connectivity index (χ1v) is 6.61. The third-order valence-corrected chi connectivity index (χ3v) is 4.78. The van der Waals surface area contributed by atoms with Crippen LogP contribution in [0.1, 0.15) is 17.2 Å². The lowest BCUT2D eigenvalue weighted by Gasteiger charge is -2.23. The van der Waals surface area contributed by atoms with E-state index in [1.807, 2.05) is 17.5 Å². The number of carboxylic acid groups (broad SMARTS) is 1. The number of rotatable bonds is 3. The molecule has 0 aliphatic carbocycles. The van der Waals surface area contributed by atoms with Crippen LogP contribution in [0.2, 0.25) is 0 Å². The van der Waals surface area contributed by atoms with E-state index in [1.165, 1.54) is 28.0 Å². The van der Waals surface area contributed by atoms with Crippen molar-refractivity contribution in [1.82, 2.24) is 4.90 Å². The van der Waals surface area contributed by atoms with Crippen molar-refractivity contribution in [2.75, 3.05) is 6.54 Å². The van der Waals surface area contributed by atoms with Crippen LogP contribution in [0.3, 0.4) is 0 Å². The largest absolute Gasteiger partial charge is 0.548 e. The summed E-state index contributed by atoms with van der Waals surface area (Å²) < 4.78 is 0. The molecule has 0 saturated carbocycles. The lowest BCUT2D eigenvalue weighted by Crippen LogP contribution is -2.40. The topological polar surface area (TPSA) is 60.4 Å². The summed E-state index contributed by atoms with van der Waals surface area (Å²) in [6.45, 7) is 1.46. The molecule has 1 fully saturated rings. The smallest absolute Gasteiger partial charge is 0.237 e. The summed E-state index contributed by atoms with van der Waals surface area (Å²) in [5.74, 6) is -1.35. The molecule has 2 rings (SSSR count). The monoisotopic (exact) mass is 256 g/mol. The molecule has 0 radical (unpaired) electrons. The Balaban J connectivity index is 2.23. The van der Waals surface area contributed by atoms with Crippen molar-refractivity contribution >= 4 is 35.0 Å². The number of nitrogens with zero attached hydrogens (tertiary/aromatic N) is 1. The van der Waals surface area contributed by atoms with Gasteiger partial charge < -0.3 is 14.8 Å². The molecule has 6 heteroatoms. The van der Waals surface area contributed by atoms with E-state index in [1.54, 1.807) is 6.92 Å². The second kappa shape index (κ2) is 4.47. The molecule has 16 heavy (non-hydrogen) atoms. The van der Waals surface area contributed by atoms with Gasteiger partial charge in [-0.1, -0.05) is 6.07 Å². The average molecular weight is 256 g/mol. The Labute approximate surface area is 101 Å². The fraction of sp³-hybridized carbons (Fsp3) is 0.400. The molecule has 0 N–H and O–H groups in total. The van der Waals surface area contributed by atoms with Crippen LogP contribution in [-0.2, 0) is 9.59 Å². The van der Waals surface area contributed by atoms with Crippen LogP contribution in [0, 0.1) is 0 Å². The Morgan fingerprint density at radius 3 is 2.94 bits per heavy atom. The maximum absolute atomic E-state index is 11.8. The first kappa shape index (κ1) is 11.5. The number of aliphatic carboxylic acids is 1. The number of hydrogen-bond acceptors (Lipinski definition) is 5. The van der Waals surface area contributed by atoms with E-state index in [0.717, 1.165) is 4.88 Å². The fourth-order valence-electron chi connectivity index (χ4n) is 1.63. The number of hydrogen-bond donors (Lipinski definition) is 0. The third-order valence-electron chi connectivity index (χ3n) is 2.33. The highest BCUT2D eigenvalue weighted by Gasteiger charge is 2.38. The summed E-state index contributed by atoms with van der Waals surface area (Å²) in [5, 5.41) is 12.2. The molecule has 4 nitrogen and oxygen atoms in total. The molecule has 86 valence electrons. The molecule has 1 aromatic heterocycles. The summed E-state index contributed by atoms with van der Waals surface area (Å²) in [6.07, 6.45) is 0. The SMILES string of the molecule is C[C@H]1S[C@@H](c2cccs2)N(CC(=O)[O-])C1=O. The van der Waals surface area contributed by atoms with E-state index >= 15 is 0 Å². The molecule has 1 aliphatic rings. The third kappa shape index (κ3) is 2.08. The zero-order chi connectivity index (χ0) is 11.7. The predicted octanol–water partition coefficient (Wildman–Crippen LogP) is 0.460. The average Bonchev–Trinajstić information content (AvgIpc) is 2.81. The van der Waals surface area contributed by atoms with Gasteiger partial charge in [0.05, 0.1) is 17.8 Å². The van der Waals surface area contributed by atoms with Gasteiger partial charge in [0.25, 0.3) is 0 Å². The molecule has 1 saturated heterocycles. The van der Waals surface area contributed by atoms with Crippen LogP contribution in [-0.4, -0.2) is 28.6 Å². The second-order valence-electron chi connectivity index (χ2n) is 3.48. The highest BCUT2D eigenvalue weighted by Crippen LogP contribution is 2.43. The minimum Gasteiger partial charge on any atom is -0.548 e. The van der Waals surface area contributed by atoms with E-state index in [0.29, 0.717) is 0 Å². The van der Waals surface area contributed by atoms with Gasteiger partial charge in [-0.25, -0.2) is 0 Å². The standard InChI is InChI=1S/C10H11NO3S2/c1-6-9(14)11(5-8(12)13)10(16-6)7-3-2-4-15-7/h2-4,6,10H,5H2,1H3,(H,12,13)/p-1/t6-,10+/m1/s1. The van der Waals surface area contributed by atoms with Crippen molar-refractivity contribution in [2.45, 2.75) is 17.5 Å². The van der Waals surface area contributed by atoms with Gasteiger partial charge in [-0.3, -0.25) is 4.79 Å². The highest BCUT2D eigenvalue weighted by atomic mass is 32.2. The zero-order valence-corrected chi connectivity index (χ0v) is 10.2. The van der Waals surface area contributed by atoms with E-state index in [2.05, 4.69) is 0 Å². The van der Waals surface area contributed by atoms with Gasteiger partial charge in [0.1, 0.15) is 5.37 Å². The van der Waals surface area contributed by atoms with Crippen LogP contribution in [0.15, 0.2) is 17.5 Å². The quantitative estimate of drug-likeness (QED) is 0.788. The van der Waals surface area contributed by atoms with Gasteiger partial charge in [-0.2, -0.15) is 0 Å². The summed E-state index contributed by atoms with van der Waals surface area (Å²) in [6, 6.07) is 3.81. The Bertz CT molecular complexity index is 404. The minimum absolute atomic E-state index is 0.132. The van der Waals surface area contributed by atoms with Crippen LogP contribution < -0.4 is 5.11 Å². The Morgan fingerprint density at radius 2 is 2.38 bits per heavy atom. The maximum atomic E-state index is 11.8. The van der Waals surface area contributed by atoms with Crippen molar-refractivity contribution < 1.29 is 14.7 Å². The van der Waals surface area contributed by atoms with E-state index in [-0.39, 0.29) is 23.1 Å². The van der Waals surface area contributed by atoms with Crippen LogP contribution >= 0.6 is 23.1 Å². The summed E-state index contributed by atoms with van der Waals surface area (Å²) in [4.78, 5) is 24.8. The summed E-state index contributed by atoms with van der Waals surface area (Å²) in [5.41, 5.74) is 0. The molecular weight excluding hydrogens is 246 g/mol. The van der Waals surface area contributed by atoms with Gasteiger partial charge in [-0.15, -0.1) is 23.1 Å². The van der Waals surface area contributed by atoms with Crippen LogP contribution in [0.25, 0.3) is 0 Å². The van der Waals surface area contributed by atoms with Crippen molar-refractivity contribution in [1.29, 1.82) is 0 Å². The van der Waals surface area contributed by atoms with Crippen molar-refractivity contribution in [3.8, 4) is 0 Å². The number of carbonyl (C=O) groups is 2. The number of amides is 1. The summed E-state index contributed by atoms with van der Waals surface area (Å²) in [7, 11) is 0. The first-order valence-electron chi connectivity index (χ1n) is 4.79. The van der Waals surface area contributed by atoms with Crippen molar-refractivity contribution in [3.05, 3.63) is 22.4 Å². The molecule has 2 heterocycles. The Morgan fingerprint density at radius 1 is 1.62 bits per heavy atom. The maximum Gasteiger partial charge on any atom is 0.237 e. The Kier molecular flexibility index (Phi) is 3.20. The molecule has 0 spiro atoms. The molecule has 1 amide bonds. The summed E-state index contributed by atoms with van der Waals surface area (Å²) >= 11 is 3.00. The zero-order valence-electron chi connectivity index (χ0n) is 8.58. The molecule has 0 unspecified atom stereocenters. The lowest BCUT2D eigenvalue weighted by atomic mass is 10.3. The Hall–Kier alpha value is -1.01. The molecule has 2 atom stereocenters. The van der Waals surface area contributed by atoms with Crippen molar-refractivity contribution in [2.24, 2.45) is 0 Å². The first-order chi connectivity index (χ1) is 7.59. The number of thiophene rings is 1. The van der Waals surface area contributed by atoms with Crippen LogP contribution in [0.4, 0.5) is 0 Å².